The van der Waals surface area contributed by atoms with Crippen LogP contribution in [0.15, 0.2) is 29.3 Å². The number of halogens is 2. The predicted molar refractivity (Wildman–Crippen MR) is 75.3 cm³/mol. The number of nitriles is 1. The minimum absolute atomic E-state index is 0.0398. The van der Waals surface area contributed by atoms with E-state index in [0.29, 0.717) is 10.7 Å². The summed E-state index contributed by atoms with van der Waals surface area (Å²) in [6.07, 6.45) is 0. The molecule has 0 aliphatic carbocycles. The van der Waals surface area contributed by atoms with Crippen LogP contribution in [0.3, 0.4) is 0 Å². The highest BCUT2D eigenvalue weighted by Gasteiger charge is 2.25. The zero-order chi connectivity index (χ0) is 14.9. The molecule has 104 valence electrons. The second kappa shape index (κ2) is 5.44. The third-order valence-corrected chi connectivity index (χ3v) is 4.20. The molecule has 2 rings (SSSR count). The van der Waals surface area contributed by atoms with Crippen molar-refractivity contribution in [1.82, 2.24) is 9.78 Å². The molecule has 8 heteroatoms. The van der Waals surface area contributed by atoms with Crippen molar-refractivity contribution in [3.63, 3.8) is 0 Å². The van der Waals surface area contributed by atoms with Gasteiger partial charge in [-0.15, -0.1) is 0 Å². The maximum Gasteiger partial charge on any atom is 0.279 e. The Morgan fingerprint density at radius 3 is 2.70 bits per heavy atom. The number of nitrogens with zero attached hydrogens (tertiary/aromatic N) is 3. The SMILES string of the molecule is Cc1nn(Cc2cccc(Cl)c2)c(S(=O)(=O)Cl)c1C#N. The quantitative estimate of drug-likeness (QED) is 0.811. The van der Waals surface area contributed by atoms with Gasteiger partial charge in [0.1, 0.15) is 11.6 Å². The summed E-state index contributed by atoms with van der Waals surface area (Å²) < 4.78 is 24.5. The van der Waals surface area contributed by atoms with Gasteiger partial charge in [-0.3, -0.25) is 0 Å². The molecule has 5 nitrogen and oxygen atoms in total. The number of rotatable bonds is 3. The van der Waals surface area contributed by atoms with Crippen molar-refractivity contribution in [3.8, 4) is 6.07 Å². The smallest absolute Gasteiger partial charge is 0.247 e. The van der Waals surface area contributed by atoms with Crippen LogP contribution < -0.4 is 0 Å². The molecule has 1 heterocycles. The van der Waals surface area contributed by atoms with Gasteiger partial charge in [0.2, 0.25) is 0 Å². The highest BCUT2D eigenvalue weighted by atomic mass is 35.7. The molecule has 0 fully saturated rings. The van der Waals surface area contributed by atoms with Crippen LogP contribution in [0.1, 0.15) is 16.8 Å². The predicted octanol–water partition coefficient (Wildman–Crippen LogP) is 2.69. The topological polar surface area (TPSA) is 75.8 Å². The number of hydrogen-bond acceptors (Lipinski definition) is 4. The van der Waals surface area contributed by atoms with E-state index in [4.69, 9.17) is 27.5 Å². The summed E-state index contributed by atoms with van der Waals surface area (Å²) in [5.74, 6) is 0. The molecule has 0 atom stereocenters. The molecule has 0 spiro atoms. The molecule has 1 aromatic heterocycles. The van der Waals surface area contributed by atoms with Crippen LogP contribution in [0, 0.1) is 18.3 Å². The number of benzene rings is 1. The van der Waals surface area contributed by atoms with Gasteiger partial charge in [0, 0.05) is 15.7 Å². The lowest BCUT2D eigenvalue weighted by Gasteiger charge is -2.05. The fraction of sp³-hybridized carbons (Fsp3) is 0.167. The molecule has 0 aliphatic rings. The van der Waals surface area contributed by atoms with Gasteiger partial charge in [0.05, 0.1) is 12.2 Å². The summed E-state index contributed by atoms with van der Waals surface area (Å²) in [7, 11) is 1.32. The van der Waals surface area contributed by atoms with Gasteiger partial charge in [-0.2, -0.15) is 10.4 Å². The average molecular weight is 330 g/mol. The van der Waals surface area contributed by atoms with Crippen molar-refractivity contribution in [1.29, 1.82) is 5.26 Å². The molecule has 0 saturated carbocycles. The third kappa shape index (κ3) is 2.96. The molecule has 1 aromatic carbocycles. The summed E-state index contributed by atoms with van der Waals surface area (Å²) in [5.41, 5.74) is 1.03. The summed E-state index contributed by atoms with van der Waals surface area (Å²) >= 11 is 5.88. The fourth-order valence-electron chi connectivity index (χ4n) is 1.85. The zero-order valence-corrected chi connectivity index (χ0v) is 12.7. The first-order valence-electron chi connectivity index (χ1n) is 5.49. The Bertz CT molecular complexity index is 807. The fourth-order valence-corrected chi connectivity index (χ4v) is 3.33. The first kappa shape index (κ1) is 14.9. The maximum absolute atomic E-state index is 11.6. The highest BCUT2D eigenvalue weighted by molar-refractivity contribution is 8.13. The molecule has 0 bridgehead atoms. The van der Waals surface area contributed by atoms with Crippen LogP contribution in [-0.4, -0.2) is 18.2 Å². The van der Waals surface area contributed by atoms with Gasteiger partial charge < -0.3 is 0 Å². The van der Waals surface area contributed by atoms with Crippen molar-refractivity contribution < 1.29 is 8.42 Å². The van der Waals surface area contributed by atoms with Gasteiger partial charge in [0.25, 0.3) is 9.05 Å². The molecular formula is C12H9Cl2N3O2S. The van der Waals surface area contributed by atoms with E-state index in [-0.39, 0.29) is 17.1 Å². The summed E-state index contributed by atoms with van der Waals surface area (Å²) in [5, 5.41) is 13.3. The van der Waals surface area contributed by atoms with Gasteiger partial charge in [-0.05, 0) is 24.6 Å². The van der Waals surface area contributed by atoms with Crippen molar-refractivity contribution >= 4 is 31.3 Å². The Kier molecular flexibility index (Phi) is 4.04. The van der Waals surface area contributed by atoms with Gasteiger partial charge in [0.15, 0.2) is 5.03 Å². The van der Waals surface area contributed by atoms with Crippen LogP contribution in [0.5, 0.6) is 0 Å². The lowest BCUT2D eigenvalue weighted by Crippen LogP contribution is -2.09. The van der Waals surface area contributed by atoms with Crippen LogP contribution >= 0.6 is 22.3 Å². The lowest BCUT2D eigenvalue weighted by atomic mass is 10.2. The van der Waals surface area contributed by atoms with E-state index in [2.05, 4.69) is 5.10 Å². The summed E-state index contributed by atoms with van der Waals surface area (Å²) in [4.78, 5) is 0. The molecular weight excluding hydrogens is 321 g/mol. The van der Waals surface area contributed by atoms with E-state index < -0.39 is 9.05 Å². The third-order valence-electron chi connectivity index (χ3n) is 2.64. The Morgan fingerprint density at radius 2 is 2.15 bits per heavy atom. The van der Waals surface area contributed by atoms with Crippen LogP contribution in [-0.2, 0) is 15.6 Å². The van der Waals surface area contributed by atoms with Crippen LogP contribution in [0.4, 0.5) is 0 Å². The summed E-state index contributed by atoms with van der Waals surface area (Å²) in [6.45, 7) is 1.71. The average Bonchev–Trinajstić information content (AvgIpc) is 2.64. The van der Waals surface area contributed by atoms with Gasteiger partial charge in [-0.1, -0.05) is 23.7 Å². The monoisotopic (exact) mass is 329 g/mol. The molecule has 20 heavy (non-hydrogen) atoms. The molecule has 0 N–H and O–H groups in total. The highest BCUT2D eigenvalue weighted by Crippen LogP contribution is 2.23. The molecule has 0 unspecified atom stereocenters. The van der Waals surface area contributed by atoms with Crippen molar-refractivity contribution in [3.05, 3.63) is 46.1 Å². The molecule has 0 aliphatic heterocycles. The number of hydrogen-bond donors (Lipinski definition) is 0. The van der Waals surface area contributed by atoms with Crippen LogP contribution in [0.2, 0.25) is 5.02 Å². The maximum atomic E-state index is 11.6. The van der Waals surface area contributed by atoms with E-state index in [1.807, 2.05) is 6.07 Å². The Morgan fingerprint density at radius 1 is 1.45 bits per heavy atom. The standard InChI is InChI=1S/C12H9Cl2N3O2S/c1-8-11(6-15)12(20(14,18)19)17(16-8)7-9-3-2-4-10(13)5-9/h2-5H,7H2,1H3. The van der Waals surface area contributed by atoms with E-state index in [9.17, 15) is 8.42 Å². The second-order valence-electron chi connectivity index (χ2n) is 4.10. The van der Waals surface area contributed by atoms with E-state index in [1.165, 1.54) is 4.68 Å². The molecule has 0 amide bonds. The van der Waals surface area contributed by atoms with Crippen LogP contribution in [0.25, 0.3) is 0 Å². The second-order valence-corrected chi connectivity index (χ2v) is 7.02. The minimum Gasteiger partial charge on any atom is -0.247 e. The number of aryl methyl sites for hydroxylation is 1. The minimum atomic E-state index is -4.07. The zero-order valence-electron chi connectivity index (χ0n) is 10.3. The van der Waals surface area contributed by atoms with E-state index >= 15 is 0 Å². The summed E-state index contributed by atoms with van der Waals surface area (Å²) in [6, 6.07) is 8.73. The van der Waals surface area contributed by atoms with E-state index in [1.54, 1.807) is 31.2 Å². The normalized spacial score (nSPS) is 11.3. The lowest BCUT2D eigenvalue weighted by molar-refractivity contribution is 0.572. The van der Waals surface area contributed by atoms with Crippen molar-refractivity contribution in [2.75, 3.05) is 0 Å². The first-order chi connectivity index (χ1) is 9.32. The Hall–Kier alpha value is -1.55. The Labute approximate surface area is 125 Å². The van der Waals surface area contributed by atoms with Crippen molar-refractivity contribution in [2.24, 2.45) is 0 Å². The van der Waals surface area contributed by atoms with Gasteiger partial charge >= 0.3 is 0 Å². The van der Waals surface area contributed by atoms with Gasteiger partial charge in [-0.25, -0.2) is 13.1 Å². The molecule has 0 radical (unpaired) electrons. The molecule has 0 saturated heterocycles. The largest absolute Gasteiger partial charge is 0.279 e. The van der Waals surface area contributed by atoms with E-state index in [0.717, 1.165) is 5.56 Å². The van der Waals surface area contributed by atoms with Crippen molar-refractivity contribution in [2.45, 2.75) is 18.5 Å². The Balaban J connectivity index is 2.56. The number of aromatic nitrogens is 2. The molecule has 2 aromatic rings. The first-order valence-corrected chi connectivity index (χ1v) is 8.18.